The van der Waals surface area contributed by atoms with Gasteiger partial charge in [0.2, 0.25) is 16.0 Å². The number of halogens is 4. The lowest BCUT2D eigenvalue weighted by atomic mass is 9.98. The SMILES string of the molecule is C=C(C)C(C(=O)OCC(Cl)(Cl)Cl)N1C(=O)C(NC(=O)Cc2cccs2)C1F. The van der Waals surface area contributed by atoms with E-state index in [1.54, 1.807) is 17.5 Å². The number of rotatable bonds is 7. The van der Waals surface area contributed by atoms with Crippen molar-refractivity contribution in [2.75, 3.05) is 6.61 Å². The Morgan fingerprint density at radius 3 is 2.63 bits per heavy atom. The van der Waals surface area contributed by atoms with E-state index in [1.165, 1.54) is 18.3 Å². The number of thiophene rings is 1. The molecule has 0 bridgehead atoms. The van der Waals surface area contributed by atoms with Gasteiger partial charge in [-0.15, -0.1) is 11.3 Å². The molecule has 1 aromatic rings. The van der Waals surface area contributed by atoms with Crippen LogP contribution in [0.3, 0.4) is 0 Å². The summed E-state index contributed by atoms with van der Waals surface area (Å²) in [6, 6.07) is 0.775. The van der Waals surface area contributed by atoms with Crippen molar-refractivity contribution in [3.63, 3.8) is 0 Å². The van der Waals surface area contributed by atoms with Gasteiger partial charge in [-0.2, -0.15) is 0 Å². The summed E-state index contributed by atoms with van der Waals surface area (Å²) >= 11 is 17.9. The third-order valence-corrected chi connectivity index (χ3v) is 4.84. The minimum absolute atomic E-state index is 0.0311. The van der Waals surface area contributed by atoms with E-state index in [4.69, 9.17) is 39.5 Å². The first kappa shape index (κ1) is 21.9. The van der Waals surface area contributed by atoms with E-state index in [0.29, 0.717) is 4.90 Å². The molecule has 11 heteroatoms. The molecule has 0 spiro atoms. The average Bonchev–Trinajstić information content (AvgIpc) is 3.06. The number of esters is 1. The van der Waals surface area contributed by atoms with Crippen molar-refractivity contribution in [3.8, 4) is 0 Å². The van der Waals surface area contributed by atoms with Crippen LogP contribution in [0.5, 0.6) is 0 Å². The maximum Gasteiger partial charge on any atom is 0.333 e. The van der Waals surface area contributed by atoms with Crippen molar-refractivity contribution in [3.05, 3.63) is 34.5 Å². The Morgan fingerprint density at radius 1 is 1.48 bits per heavy atom. The number of carbonyl (C=O) groups is 3. The molecule has 3 unspecified atom stereocenters. The molecule has 1 fully saturated rings. The first-order valence-electron chi connectivity index (χ1n) is 7.68. The molecular formula is C16H16Cl3FN2O4S. The number of nitrogens with one attached hydrogen (secondary N) is 1. The van der Waals surface area contributed by atoms with Crippen molar-refractivity contribution in [2.24, 2.45) is 0 Å². The van der Waals surface area contributed by atoms with Gasteiger partial charge in [-0.1, -0.05) is 47.4 Å². The Bertz CT molecular complexity index is 739. The first-order valence-corrected chi connectivity index (χ1v) is 9.69. The van der Waals surface area contributed by atoms with Gasteiger partial charge >= 0.3 is 5.97 Å². The van der Waals surface area contributed by atoms with Gasteiger partial charge in [0.05, 0.1) is 6.42 Å². The molecule has 0 radical (unpaired) electrons. The van der Waals surface area contributed by atoms with Crippen LogP contribution < -0.4 is 5.32 Å². The summed E-state index contributed by atoms with van der Waals surface area (Å²) < 4.78 is 17.5. The molecule has 2 rings (SSSR count). The Morgan fingerprint density at radius 2 is 2.15 bits per heavy atom. The predicted molar refractivity (Wildman–Crippen MR) is 102 cm³/mol. The summed E-state index contributed by atoms with van der Waals surface area (Å²) in [5.41, 5.74) is 0.170. The average molecular weight is 458 g/mol. The molecule has 2 amide bonds. The molecule has 0 aromatic carbocycles. The summed E-state index contributed by atoms with van der Waals surface area (Å²) in [5.74, 6) is -2.24. The fraction of sp³-hybridized carbons (Fsp3) is 0.438. The highest BCUT2D eigenvalue weighted by Gasteiger charge is 2.54. The van der Waals surface area contributed by atoms with Crippen molar-refractivity contribution in [2.45, 2.75) is 35.5 Å². The molecular weight excluding hydrogens is 442 g/mol. The lowest BCUT2D eigenvalue weighted by Crippen LogP contribution is -2.72. The number of carbonyl (C=O) groups excluding carboxylic acids is 3. The van der Waals surface area contributed by atoms with Crippen molar-refractivity contribution < 1.29 is 23.5 Å². The van der Waals surface area contributed by atoms with Gasteiger partial charge in [0.1, 0.15) is 6.61 Å². The molecule has 1 aromatic heterocycles. The number of hydrogen-bond donors (Lipinski definition) is 1. The maximum absolute atomic E-state index is 14.5. The van der Waals surface area contributed by atoms with E-state index in [9.17, 15) is 18.8 Å². The highest BCUT2D eigenvalue weighted by Crippen LogP contribution is 2.30. The summed E-state index contributed by atoms with van der Waals surface area (Å²) in [5, 5.41) is 4.13. The monoisotopic (exact) mass is 456 g/mol. The van der Waals surface area contributed by atoms with Gasteiger partial charge < -0.3 is 10.1 Å². The number of nitrogens with zero attached hydrogens (tertiary/aromatic N) is 1. The summed E-state index contributed by atoms with van der Waals surface area (Å²) in [4.78, 5) is 37.9. The van der Waals surface area contributed by atoms with Crippen LogP contribution in [0.1, 0.15) is 11.8 Å². The first-order chi connectivity index (χ1) is 12.5. The predicted octanol–water partition coefficient (Wildman–Crippen LogP) is 2.77. The smallest absolute Gasteiger partial charge is 0.333 e. The summed E-state index contributed by atoms with van der Waals surface area (Å²) in [6.07, 6.45) is -1.88. The number of likely N-dealkylation sites (tertiary alicyclic amines) is 1. The van der Waals surface area contributed by atoms with Crippen LogP contribution in [0.2, 0.25) is 0 Å². The van der Waals surface area contributed by atoms with Gasteiger partial charge in [0, 0.05) is 4.88 Å². The summed E-state index contributed by atoms with van der Waals surface area (Å²) in [6.45, 7) is 4.45. The van der Waals surface area contributed by atoms with Crippen LogP contribution >= 0.6 is 46.1 Å². The number of β-lactam (4-membered cyclic amide) rings is 1. The molecule has 3 atom stereocenters. The van der Waals surface area contributed by atoms with E-state index in [1.807, 2.05) is 0 Å². The highest BCUT2D eigenvalue weighted by atomic mass is 35.6. The lowest BCUT2D eigenvalue weighted by molar-refractivity contribution is -0.176. The molecule has 1 saturated heterocycles. The van der Waals surface area contributed by atoms with E-state index in [2.05, 4.69) is 11.9 Å². The van der Waals surface area contributed by atoms with Crippen LogP contribution in [0.15, 0.2) is 29.7 Å². The second-order valence-electron chi connectivity index (χ2n) is 5.89. The second kappa shape index (κ2) is 8.77. The third-order valence-electron chi connectivity index (χ3n) is 3.64. The molecule has 6 nitrogen and oxygen atoms in total. The molecule has 148 valence electrons. The fourth-order valence-electron chi connectivity index (χ4n) is 2.46. The molecule has 1 N–H and O–H groups in total. The van der Waals surface area contributed by atoms with Crippen LogP contribution in [-0.2, 0) is 25.5 Å². The van der Waals surface area contributed by atoms with Crippen molar-refractivity contribution in [1.29, 1.82) is 0 Å². The summed E-state index contributed by atoms with van der Waals surface area (Å²) in [7, 11) is 0. The quantitative estimate of drug-likeness (QED) is 0.225. The van der Waals surface area contributed by atoms with E-state index < -0.39 is 46.6 Å². The number of amides is 2. The molecule has 2 heterocycles. The van der Waals surface area contributed by atoms with Gasteiger partial charge in [-0.05, 0) is 23.9 Å². The van der Waals surface area contributed by atoms with Gasteiger partial charge in [-0.25, -0.2) is 9.18 Å². The maximum atomic E-state index is 14.5. The van der Waals surface area contributed by atoms with Crippen LogP contribution in [-0.4, -0.2) is 51.5 Å². The molecule has 0 saturated carbocycles. The standard InChI is InChI=1S/C16H16Cl3FN2O4S/c1-8(2)12(15(25)26-7-16(17,18)19)22-13(20)11(14(22)24)21-10(23)6-9-4-3-5-27-9/h3-5,11-13H,1,6-7H2,2H3,(H,21,23). The van der Waals surface area contributed by atoms with E-state index >= 15 is 0 Å². The second-order valence-corrected chi connectivity index (χ2v) is 9.44. The number of alkyl halides is 4. The zero-order chi connectivity index (χ0) is 20.4. The van der Waals surface area contributed by atoms with Gasteiger partial charge in [-0.3, -0.25) is 14.5 Å². The third kappa shape index (κ3) is 5.57. The Labute approximate surface area is 174 Å². The fourth-order valence-corrected chi connectivity index (χ4v) is 3.33. The van der Waals surface area contributed by atoms with E-state index in [0.717, 1.165) is 4.88 Å². The van der Waals surface area contributed by atoms with Gasteiger partial charge in [0.15, 0.2) is 12.1 Å². The molecule has 1 aliphatic rings. The minimum atomic E-state index is -1.91. The Balaban J connectivity index is 1.99. The minimum Gasteiger partial charge on any atom is -0.459 e. The van der Waals surface area contributed by atoms with Gasteiger partial charge in [0.25, 0.3) is 5.91 Å². The largest absolute Gasteiger partial charge is 0.459 e. The van der Waals surface area contributed by atoms with Crippen molar-refractivity contribution in [1.82, 2.24) is 10.2 Å². The topological polar surface area (TPSA) is 75.7 Å². The van der Waals surface area contributed by atoms with E-state index in [-0.39, 0.29) is 12.0 Å². The molecule has 27 heavy (non-hydrogen) atoms. The zero-order valence-electron chi connectivity index (χ0n) is 14.1. The van der Waals surface area contributed by atoms with Crippen molar-refractivity contribution >= 4 is 63.9 Å². The highest BCUT2D eigenvalue weighted by molar-refractivity contribution is 7.10. The molecule has 1 aliphatic heterocycles. The number of ether oxygens (including phenoxy) is 1. The Kier molecular flexibility index (Phi) is 7.13. The zero-order valence-corrected chi connectivity index (χ0v) is 17.2. The van der Waals surface area contributed by atoms with Crippen LogP contribution in [0.25, 0.3) is 0 Å². The van der Waals surface area contributed by atoms with Crippen LogP contribution in [0, 0.1) is 0 Å². The number of hydrogen-bond acceptors (Lipinski definition) is 5. The van der Waals surface area contributed by atoms with Crippen LogP contribution in [0.4, 0.5) is 4.39 Å². The lowest BCUT2D eigenvalue weighted by Gasteiger charge is -2.45. The molecule has 0 aliphatic carbocycles. The Hall–Kier alpha value is -1.35. The normalized spacial score (nSPS) is 20.6.